The summed E-state index contributed by atoms with van der Waals surface area (Å²) in [5, 5.41) is 12.6. The van der Waals surface area contributed by atoms with Crippen molar-refractivity contribution < 1.29 is 9.84 Å². The van der Waals surface area contributed by atoms with E-state index in [1.807, 2.05) is 0 Å². The maximum Gasteiger partial charge on any atom is 0.0472 e. The lowest BCUT2D eigenvalue weighted by molar-refractivity contribution is -0.00129. The molecular weight excluding hydrogens is 240 g/mol. The van der Waals surface area contributed by atoms with E-state index in [9.17, 15) is 0 Å². The van der Waals surface area contributed by atoms with Crippen molar-refractivity contribution in [2.24, 2.45) is 11.3 Å². The second-order valence-corrected chi connectivity index (χ2v) is 6.29. The van der Waals surface area contributed by atoms with Crippen LogP contribution in [0.1, 0.15) is 32.6 Å². The van der Waals surface area contributed by atoms with Crippen LogP contribution in [0.4, 0.5) is 0 Å². The number of aliphatic hydroxyl groups excluding tert-OH is 1. The second kappa shape index (κ2) is 7.58. The topological polar surface area (TPSA) is 44.7 Å². The van der Waals surface area contributed by atoms with E-state index in [1.165, 1.54) is 38.9 Å². The van der Waals surface area contributed by atoms with Gasteiger partial charge in [0.25, 0.3) is 0 Å². The van der Waals surface area contributed by atoms with Gasteiger partial charge in [0.05, 0.1) is 0 Å². The van der Waals surface area contributed by atoms with Crippen molar-refractivity contribution in [2.75, 3.05) is 52.5 Å². The van der Waals surface area contributed by atoms with Crippen molar-refractivity contribution in [2.45, 2.75) is 32.6 Å². The second-order valence-electron chi connectivity index (χ2n) is 6.29. The fourth-order valence-corrected chi connectivity index (χ4v) is 3.53. The van der Waals surface area contributed by atoms with E-state index in [-0.39, 0.29) is 0 Å². The van der Waals surface area contributed by atoms with Gasteiger partial charge in [-0.2, -0.15) is 0 Å². The molecule has 0 aromatic rings. The van der Waals surface area contributed by atoms with Crippen LogP contribution in [0, 0.1) is 11.3 Å². The molecule has 1 atom stereocenters. The molecule has 19 heavy (non-hydrogen) atoms. The van der Waals surface area contributed by atoms with Crippen LogP contribution in [-0.2, 0) is 4.74 Å². The molecule has 2 N–H and O–H groups in total. The first-order valence-corrected chi connectivity index (χ1v) is 7.90. The molecule has 0 aliphatic carbocycles. The van der Waals surface area contributed by atoms with Gasteiger partial charge in [0.15, 0.2) is 0 Å². The number of aliphatic hydroxyl groups is 1. The molecule has 2 rings (SSSR count). The van der Waals surface area contributed by atoms with Gasteiger partial charge < -0.3 is 20.1 Å². The molecular formula is C15H30N2O2. The number of nitrogens with zero attached hydrogens (tertiary/aromatic N) is 1. The first-order valence-electron chi connectivity index (χ1n) is 7.90. The molecule has 4 heteroatoms. The molecule has 2 fully saturated rings. The van der Waals surface area contributed by atoms with Crippen molar-refractivity contribution in [3.8, 4) is 0 Å². The molecule has 0 aromatic heterocycles. The standard InChI is InChI=1S/C15H30N2O2/c1-2-16-12-15(5-9-19-10-6-15)13-17-7-3-14(11-17)4-8-18/h14,16,18H,2-13H2,1H3. The van der Waals surface area contributed by atoms with Crippen LogP contribution in [0.3, 0.4) is 0 Å². The third-order valence-electron chi connectivity index (χ3n) is 4.77. The zero-order valence-electron chi connectivity index (χ0n) is 12.4. The summed E-state index contributed by atoms with van der Waals surface area (Å²) in [6.45, 7) is 10.1. The minimum atomic E-state index is 0.342. The molecule has 2 aliphatic heterocycles. The smallest absolute Gasteiger partial charge is 0.0472 e. The van der Waals surface area contributed by atoms with Crippen molar-refractivity contribution in [3.63, 3.8) is 0 Å². The Bertz CT molecular complexity index is 255. The number of likely N-dealkylation sites (tertiary alicyclic amines) is 1. The summed E-state index contributed by atoms with van der Waals surface area (Å²) in [6.07, 6.45) is 4.59. The summed E-state index contributed by atoms with van der Waals surface area (Å²) in [5.41, 5.74) is 0.405. The number of hydrogen-bond acceptors (Lipinski definition) is 4. The van der Waals surface area contributed by atoms with Crippen LogP contribution >= 0.6 is 0 Å². The van der Waals surface area contributed by atoms with Crippen LogP contribution in [0.25, 0.3) is 0 Å². The van der Waals surface area contributed by atoms with Gasteiger partial charge >= 0.3 is 0 Å². The average Bonchev–Trinajstić information content (AvgIpc) is 2.85. The van der Waals surface area contributed by atoms with Gasteiger partial charge in [-0.15, -0.1) is 0 Å². The van der Waals surface area contributed by atoms with E-state index in [4.69, 9.17) is 9.84 Å². The largest absolute Gasteiger partial charge is 0.396 e. The Morgan fingerprint density at radius 2 is 2.16 bits per heavy atom. The van der Waals surface area contributed by atoms with E-state index < -0.39 is 0 Å². The molecule has 2 heterocycles. The predicted octanol–water partition coefficient (Wildman–Crippen LogP) is 1.10. The van der Waals surface area contributed by atoms with Crippen molar-refractivity contribution in [3.05, 3.63) is 0 Å². The maximum atomic E-state index is 9.06. The molecule has 0 aromatic carbocycles. The Balaban J connectivity index is 1.85. The van der Waals surface area contributed by atoms with Crippen LogP contribution < -0.4 is 5.32 Å². The Morgan fingerprint density at radius 3 is 2.84 bits per heavy atom. The summed E-state index contributed by atoms with van der Waals surface area (Å²) in [5.74, 6) is 0.709. The minimum absolute atomic E-state index is 0.342. The molecule has 0 bridgehead atoms. The Labute approximate surface area is 117 Å². The highest BCUT2D eigenvalue weighted by Gasteiger charge is 2.36. The average molecular weight is 270 g/mol. The third-order valence-corrected chi connectivity index (χ3v) is 4.77. The van der Waals surface area contributed by atoms with Crippen LogP contribution in [0.15, 0.2) is 0 Å². The molecule has 1 unspecified atom stereocenters. The van der Waals surface area contributed by atoms with Crippen LogP contribution in [0.5, 0.6) is 0 Å². The maximum absolute atomic E-state index is 9.06. The van der Waals surface area contributed by atoms with Crippen LogP contribution in [0.2, 0.25) is 0 Å². The summed E-state index contributed by atoms with van der Waals surface area (Å²) in [4.78, 5) is 2.61. The first kappa shape index (κ1) is 15.2. The monoisotopic (exact) mass is 270 g/mol. The summed E-state index contributed by atoms with van der Waals surface area (Å²) in [6, 6.07) is 0. The van der Waals surface area contributed by atoms with E-state index in [0.717, 1.165) is 32.7 Å². The fraction of sp³-hybridized carbons (Fsp3) is 1.00. The normalized spacial score (nSPS) is 27.8. The van der Waals surface area contributed by atoms with Gasteiger partial charge in [0.1, 0.15) is 0 Å². The molecule has 0 saturated carbocycles. The number of hydrogen-bond donors (Lipinski definition) is 2. The first-order chi connectivity index (χ1) is 9.28. The van der Waals surface area contributed by atoms with Crippen molar-refractivity contribution in [1.29, 1.82) is 0 Å². The lowest BCUT2D eigenvalue weighted by Gasteiger charge is -2.40. The fourth-order valence-electron chi connectivity index (χ4n) is 3.53. The summed E-state index contributed by atoms with van der Waals surface area (Å²) in [7, 11) is 0. The lowest BCUT2D eigenvalue weighted by Crippen LogP contribution is -2.47. The minimum Gasteiger partial charge on any atom is -0.396 e. The van der Waals surface area contributed by atoms with Gasteiger partial charge in [0.2, 0.25) is 0 Å². The number of nitrogens with one attached hydrogen (secondary N) is 1. The van der Waals surface area contributed by atoms with Gasteiger partial charge in [0, 0.05) is 39.5 Å². The predicted molar refractivity (Wildman–Crippen MR) is 77.3 cm³/mol. The Kier molecular flexibility index (Phi) is 6.07. The van der Waals surface area contributed by atoms with E-state index in [0.29, 0.717) is 17.9 Å². The highest BCUT2D eigenvalue weighted by atomic mass is 16.5. The van der Waals surface area contributed by atoms with Crippen LogP contribution in [-0.4, -0.2) is 62.6 Å². The highest BCUT2D eigenvalue weighted by Crippen LogP contribution is 2.33. The van der Waals surface area contributed by atoms with Gasteiger partial charge in [-0.25, -0.2) is 0 Å². The Morgan fingerprint density at radius 1 is 1.37 bits per heavy atom. The molecule has 112 valence electrons. The molecule has 2 aliphatic rings. The molecule has 0 radical (unpaired) electrons. The van der Waals surface area contributed by atoms with Crippen molar-refractivity contribution >= 4 is 0 Å². The highest BCUT2D eigenvalue weighted by molar-refractivity contribution is 4.89. The van der Waals surface area contributed by atoms with Gasteiger partial charge in [-0.05, 0) is 50.1 Å². The zero-order valence-corrected chi connectivity index (χ0v) is 12.4. The SMILES string of the molecule is CCNCC1(CN2CCC(CCO)C2)CCOCC1. The van der Waals surface area contributed by atoms with E-state index in [1.54, 1.807) is 0 Å². The molecule has 0 spiro atoms. The summed E-state index contributed by atoms with van der Waals surface area (Å²) >= 11 is 0. The molecule has 2 saturated heterocycles. The lowest BCUT2D eigenvalue weighted by atomic mass is 9.79. The van der Waals surface area contributed by atoms with Crippen molar-refractivity contribution in [1.82, 2.24) is 10.2 Å². The van der Waals surface area contributed by atoms with E-state index in [2.05, 4.69) is 17.1 Å². The zero-order chi connectivity index (χ0) is 13.6. The van der Waals surface area contributed by atoms with Gasteiger partial charge in [-0.1, -0.05) is 6.92 Å². The van der Waals surface area contributed by atoms with E-state index >= 15 is 0 Å². The molecule has 0 amide bonds. The third kappa shape index (κ3) is 4.42. The molecule has 4 nitrogen and oxygen atoms in total. The number of ether oxygens (including phenoxy) is 1. The Hall–Kier alpha value is -0.160. The van der Waals surface area contributed by atoms with Gasteiger partial charge in [-0.3, -0.25) is 0 Å². The number of rotatable bonds is 7. The summed E-state index contributed by atoms with van der Waals surface area (Å²) < 4.78 is 5.55. The quantitative estimate of drug-likeness (QED) is 0.727.